The van der Waals surface area contributed by atoms with Crippen LogP contribution in [0.5, 0.6) is 5.75 Å². The standard InChI is InChI=1S/C11H16OS/c1-3-9(4-2)13-11-8-6-5-7-10(11)12/h5-9,12H,3-4H2,1-2H3. The molecule has 0 saturated carbocycles. The van der Waals surface area contributed by atoms with Crippen molar-refractivity contribution in [2.45, 2.75) is 36.8 Å². The Kier molecular flexibility index (Phi) is 4.16. The van der Waals surface area contributed by atoms with Gasteiger partial charge in [0.1, 0.15) is 5.75 Å². The minimum Gasteiger partial charge on any atom is -0.507 e. The lowest BCUT2D eigenvalue weighted by Crippen LogP contribution is -1.97. The van der Waals surface area contributed by atoms with E-state index in [0.717, 1.165) is 17.7 Å². The highest BCUT2D eigenvalue weighted by atomic mass is 32.2. The SMILES string of the molecule is CCC(CC)Sc1ccccc1O. The number of rotatable bonds is 4. The molecule has 2 heteroatoms. The van der Waals surface area contributed by atoms with Crippen LogP contribution in [0.15, 0.2) is 29.2 Å². The van der Waals surface area contributed by atoms with E-state index in [0.29, 0.717) is 11.0 Å². The molecular weight excluding hydrogens is 180 g/mol. The molecule has 0 aromatic heterocycles. The summed E-state index contributed by atoms with van der Waals surface area (Å²) in [4.78, 5) is 0.996. The molecule has 1 N–H and O–H groups in total. The number of aromatic hydroxyl groups is 1. The van der Waals surface area contributed by atoms with Gasteiger partial charge in [-0.3, -0.25) is 0 Å². The van der Waals surface area contributed by atoms with Gasteiger partial charge in [-0.15, -0.1) is 11.8 Å². The van der Waals surface area contributed by atoms with Crippen LogP contribution in [0.2, 0.25) is 0 Å². The molecule has 0 saturated heterocycles. The Balaban J connectivity index is 2.67. The summed E-state index contributed by atoms with van der Waals surface area (Å²) in [7, 11) is 0. The molecule has 0 unspecified atom stereocenters. The van der Waals surface area contributed by atoms with Gasteiger partial charge in [0.15, 0.2) is 0 Å². The van der Waals surface area contributed by atoms with Crippen molar-refractivity contribution < 1.29 is 5.11 Å². The molecule has 0 heterocycles. The Morgan fingerprint density at radius 3 is 2.38 bits per heavy atom. The summed E-state index contributed by atoms with van der Waals surface area (Å²) in [5.41, 5.74) is 0. The van der Waals surface area contributed by atoms with Crippen LogP contribution in [-0.2, 0) is 0 Å². The van der Waals surface area contributed by atoms with Crippen LogP contribution in [0.25, 0.3) is 0 Å². The van der Waals surface area contributed by atoms with E-state index in [4.69, 9.17) is 0 Å². The van der Waals surface area contributed by atoms with Crippen LogP contribution in [-0.4, -0.2) is 10.4 Å². The van der Waals surface area contributed by atoms with Crippen molar-refractivity contribution >= 4 is 11.8 Å². The van der Waals surface area contributed by atoms with Gasteiger partial charge in [0.05, 0.1) is 0 Å². The number of phenols is 1. The third-order valence-corrected chi connectivity index (χ3v) is 3.67. The van der Waals surface area contributed by atoms with E-state index in [-0.39, 0.29) is 0 Å². The monoisotopic (exact) mass is 196 g/mol. The maximum atomic E-state index is 9.53. The Morgan fingerprint density at radius 1 is 1.23 bits per heavy atom. The van der Waals surface area contributed by atoms with Crippen molar-refractivity contribution in [2.24, 2.45) is 0 Å². The molecule has 0 aliphatic carbocycles. The molecule has 1 nitrogen and oxygen atoms in total. The summed E-state index contributed by atoms with van der Waals surface area (Å²) < 4.78 is 0. The minimum atomic E-state index is 0.402. The van der Waals surface area contributed by atoms with E-state index in [1.54, 1.807) is 17.8 Å². The van der Waals surface area contributed by atoms with E-state index in [2.05, 4.69) is 13.8 Å². The normalized spacial score (nSPS) is 10.7. The third kappa shape index (κ3) is 2.96. The zero-order chi connectivity index (χ0) is 9.68. The summed E-state index contributed by atoms with van der Waals surface area (Å²) in [5, 5.41) is 10.1. The molecule has 1 rings (SSSR count). The highest BCUT2D eigenvalue weighted by molar-refractivity contribution is 8.00. The Labute approximate surface area is 84.2 Å². The molecule has 0 amide bonds. The van der Waals surface area contributed by atoms with E-state index in [1.165, 1.54) is 0 Å². The van der Waals surface area contributed by atoms with Crippen LogP contribution in [0.4, 0.5) is 0 Å². The number of benzene rings is 1. The van der Waals surface area contributed by atoms with Crippen LogP contribution < -0.4 is 0 Å². The second kappa shape index (κ2) is 5.18. The Morgan fingerprint density at radius 2 is 1.85 bits per heavy atom. The number of hydrogen-bond donors (Lipinski definition) is 1. The van der Waals surface area contributed by atoms with Gasteiger partial charge in [-0.25, -0.2) is 0 Å². The lowest BCUT2D eigenvalue weighted by molar-refractivity contribution is 0.462. The van der Waals surface area contributed by atoms with Crippen LogP contribution in [0, 0.1) is 0 Å². The highest BCUT2D eigenvalue weighted by Gasteiger charge is 2.07. The maximum Gasteiger partial charge on any atom is 0.129 e. The van der Waals surface area contributed by atoms with E-state index < -0.39 is 0 Å². The predicted octanol–water partition coefficient (Wildman–Crippen LogP) is 3.67. The van der Waals surface area contributed by atoms with Gasteiger partial charge in [-0.1, -0.05) is 26.0 Å². The summed E-state index contributed by atoms with van der Waals surface area (Å²) in [5.74, 6) is 0.402. The molecule has 0 spiro atoms. The van der Waals surface area contributed by atoms with Gasteiger partial charge in [-0.2, -0.15) is 0 Å². The van der Waals surface area contributed by atoms with Crippen molar-refractivity contribution in [1.82, 2.24) is 0 Å². The highest BCUT2D eigenvalue weighted by Crippen LogP contribution is 2.33. The number of para-hydroxylation sites is 1. The van der Waals surface area contributed by atoms with Crippen molar-refractivity contribution in [3.05, 3.63) is 24.3 Å². The molecule has 0 fully saturated rings. The van der Waals surface area contributed by atoms with Crippen molar-refractivity contribution in [3.8, 4) is 5.75 Å². The molecule has 0 aliphatic rings. The average Bonchev–Trinajstić information content (AvgIpc) is 2.17. The van der Waals surface area contributed by atoms with Gasteiger partial charge in [0, 0.05) is 10.1 Å². The molecule has 13 heavy (non-hydrogen) atoms. The first-order chi connectivity index (χ1) is 6.27. The number of phenolic OH excluding ortho intramolecular Hbond substituents is 1. The molecular formula is C11H16OS. The predicted molar refractivity (Wildman–Crippen MR) is 58.3 cm³/mol. The van der Waals surface area contributed by atoms with Gasteiger partial charge < -0.3 is 5.11 Å². The molecule has 72 valence electrons. The molecule has 0 radical (unpaired) electrons. The first-order valence-electron chi connectivity index (χ1n) is 4.72. The third-order valence-electron chi connectivity index (χ3n) is 2.07. The molecule has 1 aromatic rings. The minimum absolute atomic E-state index is 0.402. The Hall–Kier alpha value is -0.630. The largest absolute Gasteiger partial charge is 0.507 e. The van der Waals surface area contributed by atoms with Crippen molar-refractivity contribution in [2.75, 3.05) is 0 Å². The summed E-state index contributed by atoms with van der Waals surface area (Å²) in [6, 6.07) is 7.53. The molecule has 0 bridgehead atoms. The number of hydrogen-bond acceptors (Lipinski definition) is 2. The smallest absolute Gasteiger partial charge is 0.129 e. The first-order valence-corrected chi connectivity index (χ1v) is 5.60. The van der Waals surface area contributed by atoms with Crippen LogP contribution >= 0.6 is 11.8 Å². The van der Waals surface area contributed by atoms with Gasteiger partial charge in [-0.05, 0) is 25.0 Å². The van der Waals surface area contributed by atoms with Crippen molar-refractivity contribution in [3.63, 3.8) is 0 Å². The van der Waals surface area contributed by atoms with E-state index in [9.17, 15) is 5.11 Å². The maximum absolute atomic E-state index is 9.53. The fourth-order valence-electron chi connectivity index (χ4n) is 1.19. The van der Waals surface area contributed by atoms with Crippen molar-refractivity contribution in [1.29, 1.82) is 0 Å². The summed E-state index contributed by atoms with van der Waals surface area (Å²) in [6.07, 6.45) is 2.30. The zero-order valence-corrected chi connectivity index (χ0v) is 8.97. The zero-order valence-electron chi connectivity index (χ0n) is 8.16. The summed E-state index contributed by atoms with van der Waals surface area (Å²) >= 11 is 1.77. The molecule has 1 aromatic carbocycles. The lowest BCUT2D eigenvalue weighted by Gasteiger charge is -2.12. The van der Waals surface area contributed by atoms with E-state index >= 15 is 0 Å². The molecule has 0 atom stereocenters. The van der Waals surface area contributed by atoms with Gasteiger partial charge >= 0.3 is 0 Å². The summed E-state index contributed by atoms with van der Waals surface area (Å²) in [6.45, 7) is 4.36. The Bertz CT molecular complexity index is 256. The number of thioether (sulfide) groups is 1. The van der Waals surface area contributed by atoms with Gasteiger partial charge in [0.25, 0.3) is 0 Å². The first kappa shape index (κ1) is 10.5. The van der Waals surface area contributed by atoms with Crippen LogP contribution in [0.3, 0.4) is 0 Å². The fourth-order valence-corrected chi connectivity index (χ4v) is 2.23. The average molecular weight is 196 g/mol. The van der Waals surface area contributed by atoms with E-state index in [1.807, 2.05) is 18.2 Å². The van der Waals surface area contributed by atoms with Crippen LogP contribution in [0.1, 0.15) is 26.7 Å². The molecule has 0 aliphatic heterocycles. The quantitative estimate of drug-likeness (QED) is 0.741. The second-order valence-corrected chi connectivity index (χ2v) is 4.37. The second-order valence-electron chi connectivity index (χ2n) is 3.02. The fraction of sp³-hybridized carbons (Fsp3) is 0.455. The lowest BCUT2D eigenvalue weighted by atomic mass is 10.3. The van der Waals surface area contributed by atoms with Gasteiger partial charge in [0.2, 0.25) is 0 Å². The topological polar surface area (TPSA) is 20.2 Å².